The van der Waals surface area contributed by atoms with E-state index in [1.807, 2.05) is 0 Å². The van der Waals surface area contributed by atoms with E-state index in [-0.39, 0.29) is 37.5 Å². The van der Waals surface area contributed by atoms with E-state index >= 15 is 0 Å². The summed E-state index contributed by atoms with van der Waals surface area (Å²) in [4.78, 5) is 37.9. The van der Waals surface area contributed by atoms with E-state index in [0.717, 1.165) is 77.0 Å². The Labute approximate surface area is 371 Å². The fourth-order valence-corrected chi connectivity index (χ4v) is 7.20. The Morgan fingerprint density at radius 1 is 0.350 bits per heavy atom. The first kappa shape index (κ1) is 57.4. The fourth-order valence-electron chi connectivity index (χ4n) is 7.20. The molecule has 0 aromatic carbocycles. The molecule has 0 spiro atoms. The van der Waals surface area contributed by atoms with Crippen molar-refractivity contribution in [2.45, 2.75) is 264 Å². The van der Waals surface area contributed by atoms with Gasteiger partial charge in [0.1, 0.15) is 13.2 Å². The maximum absolute atomic E-state index is 12.7. The molecule has 0 rings (SSSR count). The van der Waals surface area contributed by atoms with Gasteiger partial charge in [-0.05, 0) is 70.6 Å². The molecule has 6 nitrogen and oxygen atoms in total. The van der Waals surface area contributed by atoms with Crippen molar-refractivity contribution in [3.8, 4) is 0 Å². The average molecular weight is 841 g/mol. The molecule has 348 valence electrons. The molecule has 0 N–H and O–H groups in total. The number of carbonyl (C=O) groups is 3. The number of allylic oxidation sites excluding steroid dienone is 8. The van der Waals surface area contributed by atoms with Gasteiger partial charge in [-0.2, -0.15) is 0 Å². The fraction of sp³-hybridized carbons (Fsp3) is 0.796. The van der Waals surface area contributed by atoms with Crippen LogP contribution in [0.1, 0.15) is 258 Å². The molecular weight excluding hydrogens is 745 g/mol. The highest BCUT2D eigenvalue weighted by molar-refractivity contribution is 5.71. The van der Waals surface area contributed by atoms with E-state index in [9.17, 15) is 14.4 Å². The Bertz CT molecular complexity index is 1060. The van der Waals surface area contributed by atoms with Crippen molar-refractivity contribution in [1.29, 1.82) is 0 Å². The summed E-state index contributed by atoms with van der Waals surface area (Å²) in [6.45, 7) is 6.46. The van der Waals surface area contributed by atoms with E-state index in [2.05, 4.69) is 69.4 Å². The van der Waals surface area contributed by atoms with Gasteiger partial charge in [0.05, 0.1) is 0 Å². The molecule has 6 heteroatoms. The monoisotopic (exact) mass is 841 g/mol. The van der Waals surface area contributed by atoms with Crippen molar-refractivity contribution >= 4 is 17.9 Å². The molecule has 60 heavy (non-hydrogen) atoms. The van der Waals surface area contributed by atoms with Crippen LogP contribution in [0.15, 0.2) is 48.6 Å². The zero-order valence-electron chi connectivity index (χ0n) is 39.7. The molecule has 0 aromatic heterocycles. The summed E-state index contributed by atoms with van der Waals surface area (Å²) >= 11 is 0. The lowest BCUT2D eigenvalue weighted by molar-refractivity contribution is -0.167. The largest absolute Gasteiger partial charge is 0.462 e. The van der Waals surface area contributed by atoms with Gasteiger partial charge in [0.15, 0.2) is 6.10 Å². The Hall–Kier alpha value is -2.63. The average Bonchev–Trinajstić information content (AvgIpc) is 3.24. The Balaban J connectivity index is 4.31. The quantitative estimate of drug-likeness (QED) is 0.0263. The Morgan fingerprint density at radius 3 is 1.12 bits per heavy atom. The minimum absolute atomic E-state index is 0.0889. The highest BCUT2D eigenvalue weighted by Crippen LogP contribution is 2.16. The minimum atomic E-state index is -0.792. The van der Waals surface area contributed by atoms with Gasteiger partial charge in [0.2, 0.25) is 0 Å². The van der Waals surface area contributed by atoms with Crippen LogP contribution in [0, 0.1) is 0 Å². The molecule has 0 aliphatic rings. The molecule has 0 fully saturated rings. The van der Waals surface area contributed by atoms with Crippen molar-refractivity contribution in [3.63, 3.8) is 0 Å². The van der Waals surface area contributed by atoms with Gasteiger partial charge < -0.3 is 14.2 Å². The van der Waals surface area contributed by atoms with Crippen LogP contribution in [0.2, 0.25) is 0 Å². The third-order valence-corrected chi connectivity index (χ3v) is 11.1. The molecule has 0 bridgehead atoms. The lowest BCUT2D eigenvalue weighted by Gasteiger charge is -2.18. The van der Waals surface area contributed by atoms with Crippen LogP contribution in [0.5, 0.6) is 0 Å². The SMILES string of the molecule is CC/C=C\C/C=C\C/C=C\CCCCC(=O)OC(COC(=O)CCCCCCC/C=C\CCCC)COC(=O)CCCCCCCCCCCCCCCCCCCCC. The summed E-state index contributed by atoms with van der Waals surface area (Å²) in [6.07, 6.45) is 58.2. The van der Waals surface area contributed by atoms with Gasteiger partial charge in [0.25, 0.3) is 0 Å². The number of esters is 3. The predicted octanol–water partition coefficient (Wildman–Crippen LogP) is 16.7. The number of carbonyl (C=O) groups excluding carboxylic acids is 3. The van der Waals surface area contributed by atoms with Crippen LogP contribution < -0.4 is 0 Å². The van der Waals surface area contributed by atoms with Gasteiger partial charge in [-0.1, -0.05) is 217 Å². The first-order valence-corrected chi connectivity index (χ1v) is 25.6. The first-order valence-electron chi connectivity index (χ1n) is 25.6. The standard InChI is InChI=1S/C54H96O6/c1-4-7-10-13-16-19-22-24-25-26-27-28-29-30-33-35-38-41-44-47-53(56)59-50-51(49-58-52(55)46-43-40-37-34-31-21-18-15-12-9-6-3)60-54(57)48-45-42-39-36-32-23-20-17-14-11-8-5-2/h8,11,15,17-18,20,32,36,51H,4-7,9-10,12-14,16,19,21-31,33-35,37-50H2,1-3H3/b11-8-,18-15-,20-17-,36-32-. The van der Waals surface area contributed by atoms with Crippen LogP contribution >= 0.6 is 0 Å². The molecule has 0 amide bonds. The maximum atomic E-state index is 12.7. The van der Waals surface area contributed by atoms with Crippen LogP contribution in [-0.4, -0.2) is 37.2 Å². The van der Waals surface area contributed by atoms with E-state index < -0.39 is 6.10 Å². The lowest BCUT2D eigenvalue weighted by Crippen LogP contribution is -2.30. The number of hydrogen-bond acceptors (Lipinski definition) is 6. The van der Waals surface area contributed by atoms with Crippen molar-refractivity contribution < 1.29 is 28.6 Å². The second kappa shape index (κ2) is 49.0. The number of ether oxygens (including phenoxy) is 3. The Kier molecular flexibility index (Phi) is 46.9. The zero-order chi connectivity index (χ0) is 43.7. The summed E-state index contributed by atoms with van der Waals surface area (Å²) in [5.74, 6) is -0.933. The van der Waals surface area contributed by atoms with Crippen molar-refractivity contribution in [1.82, 2.24) is 0 Å². The molecular formula is C54H96O6. The summed E-state index contributed by atoms with van der Waals surface area (Å²) in [5.41, 5.74) is 0. The lowest BCUT2D eigenvalue weighted by atomic mass is 10.0. The maximum Gasteiger partial charge on any atom is 0.306 e. The molecule has 1 atom stereocenters. The van der Waals surface area contributed by atoms with Gasteiger partial charge in [-0.25, -0.2) is 0 Å². The molecule has 0 radical (unpaired) electrons. The number of unbranched alkanes of at least 4 members (excludes halogenated alkanes) is 27. The van der Waals surface area contributed by atoms with Crippen LogP contribution in [-0.2, 0) is 28.6 Å². The van der Waals surface area contributed by atoms with Gasteiger partial charge in [-0.3, -0.25) is 14.4 Å². The summed E-state index contributed by atoms with van der Waals surface area (Å²) < 4.78 is 16.7. The molecule has 0 saturated heterocycles. The second-order valence-corrected chi connectivity index (χ2v) is 17.1. The van der Waals surface area contributed by atoms with Crippen molar-refractivity contribution in [3.05, 3.63) is 48.6 Å². The third-order valence-electron chi connectivity index (χ3n) is 11.1. The van der Waals surface area contributed by atoms with Gasteiger partial charge in [0, 0.05) is 19.3 Å². The minimum Gasteiger partial charge on any atom is -0.462 e. The highest BCUT2D eigenvalue weighted by atomic mass is 16.6. The zero-order valence-corrected chi connectivity index (χ0v) is 39.7. The van der Waals surface area contributed by atoms with Gasteiger partial charge in [-0.15, -0.1) is 0 Å². The molecule has 0 aromatic rings. The van der Waals surface area contributed by atoms with E-state index in [1.54, 1.807) is 0 Å². The van der Waals surface area contributed by atoms with Crippen molar-refractivity contribution in [2.24, 2.45) is 0 Å². The third kappa shape index (κ3) is 46.4. The van der Waals surface area contributed by atoms with Crippen LogP contribution in [0.25, 0.3) is 0 Å². The normalized spacial score (nSPS) is 12.4. The number of hydrogen-bond donors (Lipinski definition) is 0. The Morgan fingerprint density at radius 2 is 0.667 bits per heavy atom. The van der Waals surface area contributed by atoms with Crippen LogP contribution in [0.4, 0.5) is 0 Å². The van der Waals surface area contributed by atoms with E-state index in [1.165, 1.54) is 135 Å². The first-order chi connectivity index (χ1) is 29.5. The topological polar surface area (TPSA) is 78.9 Å². The predicted molar refractivity (Wildman–Crippen MR) is 256 cm³/mol. The molecule has 0 heterocycles. The smallest absolute Gasteiger partial charge is 0.306 e. The molecule has 0 aliphatic carbocycles. The van der Waals surface area contributed by atoms with Gasteiger partial charge >= 0.3 is 17.9 Å². The summed E-state index contributed by atoms with van der Waals surface area (Å²) in [5, 5.41) is 0. The molecule has 1 unspecified atom stereocenters. The summed E-state index contributed by atoms with van der Waals surface area (Å²) in [6, 6.07) is 0. The summed E-state index contributed by atoms with van der Waals surface area (Å²) in [7, 11) is 0. The highest BCUT2D eigenvalue weighted by Gasteiger charge is 2.19. The number of rotatable bonds is 46. The van der Waals surface area contributed by atoms with Crippen LogP contribution in [0.3, 0.4) is 0 Å². The molecule has 0 saturated carbocycles. The second-order valence-electron chi connectivity index (χ2n) is 17.1. The van der Waals surface area contributed by atoms with E-state index in [4.69, 9.17) is 14.2 Å². The molecule has 0 aliphatic heterocycles. The van der Waals surface area contributed by atoms with Crippen molar-refractivity contribution in [2.75, 3.05) is 13.2 Å². The van der Waals surface area contributed by atoms with E-state index in [0.29, 0.717) is 19.3 Å².